The summed E-state index contributed by atoms with van der Waals surface area (Å²) in [7, 11) is 1.64. The van der Waals surface area contributed by atoms with E-state index in [0.29, 0.717) is 37.5 Å². The fourth-order valence-corrected chi connectivity index (χ4v) is 4.03. The van der Waals surface area contributed by atoms with Gasteiger partial charge in [0.2, 0.25) is 11.7 Å². The summed E-state index contributed by atoms with van der Waals surface area (Å²) in [5.74, 6) is 3.62. The summed E-state index contributed by atoms with van der Waals surface area (Å²) in [5.41, 5.74) is 2.11. The Labute approximate surface area is 169 Å². The molecule has 150 valence electrons. The van der Waals surface area contributed by atoms with E-state index in [4.69, 9.17) is 18.7 Å². The van der Waals surface area contributed by atoms with Crippen LogP contribution in [0.5, 0.6) is 17.2 Å². The zero-order valence-electron chi connectivity index (χ0n) is 16.3. The van der Waals surface area contributed by atoms with Crippen LogP contribution in [0, 0.1) is 0 Å². The first-order chi connectivity index (χ1) is 14.3. The molecule has 1 fully saturated rings. The van der Waals surface area contributed by atoms with Gasteiger partial charge in [-0.15, -0.1) is 0 Å². The molecule has 0 amide bonds. The van der Waals surface area contributed by atoms with Crippen molar-refractivity contribution in [2.45, 2.75) is 25.4 Å². The fraction of sp³-hybridized carbons (Fsp3) is 0.364. The van der Waals surface area contributed by atoms with Crippen molar-refractivity contribution in [3.05, 3.63) is 53.9 Å². The lowest BCUT2D eigenvalue weighted by Crippen LogP contribution is -2.23. The van der Waals surface area contributed by atoms with Crippen molar-refractivity contribution < 1.29 is 18.7 Å². The molecule has 5 rings (SSSR count). The van der Waals surface area contributed by atoms with Gasteiger partial charge in [-0.1, -0.05) is 23.4 Å². The molecular formula is C22H23N3O4. The zero-order valence-corrected chi connectivity index (χ0v) is 16.3. The van der Waals surface area contributed by atoms with Crippen LogP contribution < -0.4 is 14.2 Å². The second-order valence-electron chi connectivity index (χ2n) is 7.28. The van der Waals surface area contributed by atoms with Gasteiger partial charge in [0.25, 0.3) is 0 Å². The van der Waals surface area contributed by atoms with E-state index in [0.717, 1.165) is 42.2 Å². The molecule has 2 aliphatic rings. The molecule has 1 saturated heterocycles. The van der Waals surface area contributed by atoms with E-state index in [1.165, 1.54) is 5.56 Å². The number of aromatic nitrogens is 2. The maximum atomic E-state index is 5.75. The predicted molar refractivity (Wildman–Crippen MR) is 106 cm³/mol. The van der Waals surface area contributed by atoms with E-state index in [2.05, 4.69) is 27.2 Å². The molecule has 7 nitrogen and oxygen atoms in total. The van der Waals surface area contributed by atoms with Crippen LogP contribution in [-0.2, 0) is 6.54 Å². The molecule has 1 atom stereocenters. The largest absolute Gasteiger partial charge is 0.497 e. The van der Waals surface area contributed by atoms with Crippen molar-refractivity contribution in [1.82, 2.24) is 15.0 Å². The Morgan fingerprint density at radius 2 is 2.00 bits per heavy atom. The van der Waals surface area contributed by atoms with Gasteiger partial charge in [0, 0.05) is 11.6 Å². The number of ether oxygens (including phenoxy) is 3. The Kier molecular flexibility index (Phi) is 4.81. The van der Waals surface area contributed by atoms with Crippen LogP contribution in [0.15, 0.2) is 47.0 Å². The monoisotopic (exact) mass is 393 g/mol. The van der Waals surface area contributed by atoms with Crippen molar-refractivity contribution in [1.29, 1.82) is 0 Å². The molecule has 0 spiro atoms. The van der Waals surface area contributed by atoms with E-state index in [-0.39, 0.29) is 0 Å². The average Bonchev–Trinajstić information content (AvgIpc) is 3.43. The maximum Gasteiger partial charge on any atom is 0.241 e. The summed E-state index contributed by atoms with van der Waals surface area (Å²) in [4.78, 5) is 6.98. The topological polar surface area (TPSA) is 69.9 Å². The lowest BCUT2D eigenvalue weighted by molar-refractivity contribution is 0.170. The average molecular weight is 393 g/mol. The van der Waals surface area contributed by atoms with E-state index in [1.807, 2.05) is 30.3 Å². The van der Waals surface area contributed by atoms with E-state index in [9.17, 15) is 0 Å². The molecule has 0 saturated carbocycles. The maximum absolute atomic E-state index is 5.75. The highest BCUT2D eigenvalue weighted by Gasteiger charge is 2.29. The van der Waals surface area contributed by atoms with Crippen LogP contribution in [0.25, 0.3) is 11.4 Å². The van der Waals surface area contributed by atoms with Gasteiger partial charge in [-0.3, -0.25) is 4.90 Å². The Hall–Kier alpha value is -3.06. The molecule has 0 bridgehead atoms. The van der Waals surface area contributed by atoms with Gasteiger partial charge in [-0.25, -0.2) is 0 Å². The third-order valence-electron chi connectivity index (χ3n) is 5.45. The fourth-order valence-electron chi connectivity index (χ4n) is 4.03. The van der Waals surface area contributed by atoms with E-state index < -0.39 is 0 Å². The predicted octanol–water partition coefficient (Wildman–Crippen LogP) is 3.85. The Bertz CT molecular complexity index is 1000. The third-order valence-corrected chi connectivity index (χ3v) is 5.45. The van der Waals surface area contributed by atoms with Crippen molar-refractivity contribution >= 4 is 0 Å². The van der Waals surface area contributed by atoms with Gasteiger partial charge in [0.1, 0.15) is 19.0 Å². The second-order valence-corrected chi connectivity index (χ2v) is 7.28. The number of fused-ring (bicyclic) bond motifs is 1. The van der Waals surface area contributed by atoms with Crippen LogP contribution in [0.3, 0.4) is 0 Å². The number of hydrogen-bond acceptors (Lipinski definition) is 7. The van der Waals surface area contributed by atoms with Crippen LogP contribution in [0.1, 0.15) is 30.3 Å². The van der Waals surface area contributed by atoms with Crippen LogP contribution in [-0.4, -0.2) is 41.9 Å². The molecule has 1 aromatic heterocycles. The summed E-state index contributed by atoms with van der Waals surface area (Å²) in [6.45, 7) is 2.82. The van der Waals surface area contributed by atoms with Gasteiger partial charge in [-0.2, -0.15) is 4.98 Å². The lowest BCUT2D eigenvalue weighted by atomic mass is 10.0. The SMILES string of the molecule is COc1cccc(-c2noc(CN3CCCC3c3ccc4c(c3)OCCO4)n2)c1. The number of rotatable bonds is 5. The van der Waals surface area contributed by atoms with Gasteiger partial charge < -0.3 is 18.7 Å². The number of nitrogens with zero attached hydrogens (tertiary/aromatic N) is 3. The lowest BCUT2D eigenvalue weighted by Gasteiger charge is -2.25. The van der Waals surface area contributed by atoms with Gasteiger partial charge >= 0.3 is 0 Å². The number of likely N-dealkylation sites (tertiary alicyclic amines) is 1. The Morgan fingerprint density at radius 3 is 2.90 bits per heavy atom. The summed E-state index contributed by atoms with van der Waals surface area (Å²) in [6, 6.07) is 14.2. The summed E-state index contributed by atoms with van der Waals surface area (Å²) in [5, 5.41) is 4.15. The molecule has 0 N–H and O–H groups in total. The first kappa shape index (κ1) is 18.0. The zero-order chi connectivity index (χ0) is 19.6. The minimum Gasteiger partial charge on any atom is -0.497 e. The highest BCUT2D eigenvalue weighted by molar-refractivity contribution is 5.56. The Balaban J connectivity index is 1.33. The molecule has 7 heteroatoms. The first-order valence-corrected chi connectivity index (χ1v) is 9.91. The minimum absolute atomic E-state index is 0.304. The minimum atomic E-state index is 0.304. The van der Waals surface area contributed by atoms with Crippen molar-refractivity contribution in [2.75, 3.05) is 26.9 Å². The van der Waals surface area contributed by atoms with Crippen LogP contribution >= 0.6 is 0 Å². The standard InChI is InChI=1S/C22H23N3O4/c1-26-17-5-2-4-16(12-17)22-23-21(29-24-22)14-25-9-3-6-18(25)15-7-8-19-20(13-15)28-11-10-27-19/h2,4-5,7-8,12-13,18H,3,6,9-11,14H2,1H3. The number of hydrogen-bond donors (Lipinski definition) is 0. The first-order valence-electron chi connectivity index (χ1n) is 9.91. The molecule has 0 radical (unpaired) electrons. The summed E-state index contributed by atoms with van der Waals surface area (Å²) >= 11 is 0. The molecule has 1 unspecified atom stereocenters. The van der Waals surface area contributed by atoms with Gasteiger partial charge in [0.05, 0.1) is 13.7 Å². The van der Waals surface area contributed by atoms with E-state index in [1.54, 1.807) is 7.11 Å². The van der Waals surface area contributed by atoms with Crippen LogP contribution in [0.2, 0.25) is 0 Å². The quantitative estimate of drug-likeness (QED) is 0.652. The van der Waals surface area contributed by atoms with Gasteiger partial charge in [0.15, 0.2) is 11.5 Å². The second kappa shape index (κ2) is 7.75. The highest BCUT2D eigenvalue weighted by Crippen LogP contribution is 2.38. The molecule has 2 aliphatic heterocycles. The molecule has 2 aromatic carbocycles. The third kappa shape index (κ3) is 3.65. The molecule has 29 heavy (non-hydrogen) atoms. The summed E-state index contributed by atoms with van der Waals surface area (Å²) < 4.78 is 22.2. The molecular weight excluding hydrogens is 370 g/mol. The van der Waals surface area contributed by atoms with Crippen LogP contribution in [0.4, 0.5) is 0 Å². The van der Waals surface area contributed by atoms with Crippen molar-refractivity contribution in [3.8, 4) is 28.6 Å². The smallest absolute Gasteiger partial charge is 0.241 e. The normalized spacial score (nSPS) is 18.7. The Morgan fingerprint density at radius 1 is 1.10 bits per heavy atom. The molecule has 3 heterocycles. The van der Waals surface area contributed by atoms with Crippen molar-refractivity contribution in [2.24, 2.45) is 0 Å². The molecule has 3 aromatic rings. The molecule has 0 aliphatic carbocycles. The van der Waals surface area contributed by atoms with Crippen molar-refractivity contribution in [3.63, 3.8) is 0 Å². The van der Waals surface area contributed by atoms with E-state index >= 15 is 0 Å². The number of methoxy groups -OCH3 is 1. The highest BCUT2D eigenvalue weighted by atomic mass is 16.6. The van der Waals surface area contributed by atoms with Gasteiger partial charge in [-0.05, 0) is 49.2 Å². The number of benzene rings is 2. The summed E-state index contributed by atoms with van der Waals surface area (Å²) in [6.07, 6.45) is 2.23.